The molecular weight excluding hydrogens is 281 g/mol. The molecule has 0 saturated heterocycles. The number of aromatic nitrogens is 1. The minimum Gasteiger partial charge on any atom is -0.426 e. The Morgan fingerprint density at radius 1 is 1.14 bits per heavy atom. The lowest BCUT2D eigenvalue weighted by Gasteiger charge is -2.08. The maximum Gasteiger partial charge on any atom is 0.310 e. The first-order chi connectivity index (χ1) is 10.7. The molecule has 0 spiro atoms. The van der Waals surface area contributed by atoms with Crippen molar-refractivity contribution in [3.8, 4) is 16.9 Å². The van der Waals surface area contributed by atoms with E-state index in [4.69, 9.17) is 4.74 Å². The van der Waals surface area contributed by atoms with E-state index in [1.54, 1.807) is 31.3 Å². The summed E-state index contributed by atoms with van der Waals surface area (Å²) < 4.78 is 18.7. The van der Waals surface area contributed by atoms with Crippen LogP contribution in [0.25, 0.3) is 22.0 Å². The van der Waals surface area contributed by atoms with Gasteiger partial charge in [-0.2, -0.15) is 0 Å². The summed E-state index contributed by atoms with van der Waals surface area (Å²) in [6, 6.07) is 13.5. The first-order valence-electron chi connectivity index (χ1n) is 7.03. The van der Waals surface area contributed by atoms with Crippen LogP contribution in [0.1, 0.15) is 13.3 Å². The number of carbonyl (C=O) groups is 1. The van der Waals surface area contributed by atoms with Gasteiger partial charge in [0.2, 0.25) is 0 Å². The van der Waals surface area contributed by atoms with Crippen molar-refractivity contribution in [2.24, 2.45) is 0 Å². The number of hydrogen-bond acceptors (Lipinski definition) is 3. The van der Waals surface area contributed by atoms with Crippen molar-refractivity contribution in [3.63, 3.8) is 0 Å². The summed E-state index contributed by atoms with van der Waals surface area (Å²) in [6.45, 7) is 1.74. The highest BCUT2D eigenvalue weighted by Crippen LogP contribution is 2.29. The Kier molecular flexibility index (Phi) is 3.83. The van der Waals surface area contributed by atoms with Crippen molar-refractivity contribution in [3.05, 3.63) is 60.5 Å². The lowest BCUT2D eigenvalue weighted by atomic mass is 10.0. The number of halogens is 1. The van der Waals surface area contributed by atoms with Crippen molar-refractivity contribution < 1.29 is 13.9 Å². The summed E-state index contributed by atoms with van der Waals surface area (Å²) in [4.78, 5) is 15.9. The predicted molar refractivity (Wildman–Crippen MR) is 83.1 cm³/mol. The molecule has 110 valence electrons. The van der Waals surface area contributed by atoms with E-state index in [-0.39, 0.29) is 11.8 Å². The Morgan fingerprint density at radius 3 is 2.73 bits per heavy atom. The SMILES string of the molecule is CCC(=O)Oc1cccc2ncc(-c3cccc(F)c3)cc12. The lowest BCUT2D eigenvalue weighted by Crippen LogP contribution is -2.05. The molecule has 0 bridgehead atoms. The van der Waals surface area contributed by atoms with E-state index in [2.05, 4.69) is 4.98 Å². The first kappa shape index (κ1) is 14.2. The molecule has 0 atom stereocenters. The third-order valence-corrected chi connectivity index (χ3v) is 3.36. The minimum atomic E-state index is -0.303. The van der Waals surface area contributed by atoms with Crippen LogP contribution in [0.3, 0.4) is 0 Å². The van der Waals surface area contributed by atoms with Gasteiger partial charge in [0.05, 0.1) is 5.52 Å². The van der Waals surface area contributed by atoms with Gasteiger partial charge in [-0.3, -0.25) is 9.78 Å². The summed E-state index contributed by atoms with van der Waals surface area (Å²) in [5.74, 6) is -0.137. The molecular formula is C18H14FNO2. The van der Waals surface area contributed by atoms with Crippen LogP contribution in [0.4, 0.5) is 4.39 Å². The Labute approximate surface area is 127 Å². The van der Waals surface area contributed by atoms with Crippen molar-refractivity contribution in [1.82, 2.24) is 4.98 Å². The highest BCUT2D eigenvalue weighted by Gasteiger charge is 2.09. The van der Waals surface area contributed by atoms with E-state index in [1.807, 2.05) is 18.2 Å². The van der Waals surface area contributed by atoms with Crippen molar-refractivity contribution >= 4 is 16.9 Å². The quantitative estimate of drug-likeness (QED) is 0.532. The molecule has 0 fully saturated rings. The third-order valence-electron chi connectivity index (χ3n) is 3.36. The van der Waals surface area contributed by atoms with Crippen molar-refractivity contribution in [2.45, 2.75) is 13.3 Å². The number of ether oxygens (including phenoxy) is 1. The van der Waals surface area contributed by atoms with Gasteiger partial charge < -0.3 is 4.74 Å². The molecule has 3 rings (SSSR count). The number of rotatable bonds is 3. The van der Waals surface area contributed by atoms with E-state index < -0.39 is 0 Å². The Balaban J connectivity index is 2.11. The summed E-state index contributed by atoms with van der Waals surface area (Å²) >= 11 is 0. The number of pyridine rings is 1. The number of fused-ring (bicyclic) bond motifs is 1. The van der Waals surface area contributed by atoms with Gasteiger partial charge in [-0.05, 0) is 35.9 Å². The number of nitrogens with zero attached hydrogens (tertiary/aromatic N) is 1. The third kappa shape index (κ3) is 2.81. The minimum absolute atomic E-state index is 0.299. The Bertz CT molecular complexity index is 845. The molecule has 0 unspecified atom stereocenters. The second-order valence-electron chi connectivity index (χ2n) is 4.88. The average Bonchev–Trinajstić information content (AvgIpc) is 2.54. The van der Waals surface area contributed by atoms with Crippen LogP contribution in [0.5, 0.6) is 5.75 Å². The highest BCUT2D eigenvalue weighted by molar-refractivity contribution is 5.90. The second-order valence-corrected chi connectivity index (χ2v) is 4.88. The molecule has 0 aliphatic carbocycles. The zero-order valence-electron chi connectivity index (χ0n) is 12.0. The van der Waals surface area contributed by atoms with Crippen LogP contribution < -0.4 is 4.74 Å². The zero-order valence-corrected chi connectivity index (χ0v) is 12.0. The average molecular weight is 295 g/mol. The molecule has 0 radical (unpaired) electrons. The highest BCUT2D eigenvalue weighted by atomic mass is 19.1. The fourth-order valence-electron chi connectivity index (χ4n) is 2.23. The largest absolute Gasteiger partial charge is 0.426 e. The second kappa shape index (κ2) is 5.93. The standard InChI is InChI=1S/C18H14FNO2/c1-2-18(21)22-17-8-4-7-16-15(17)10-13(11-20-16)12-5-3-6-14(19)9-12/h3-11H,2H2,1H3. The van der Waals surface area contributed by atoms with Crippen LogP contribution in [-0.4, -0.2) is 11.0 Å². The lowest BCUT2D eigenvalue weighted by molar-refractivity contribution is -0.133. The van der Waals surface area contributed by atoms with E-state index in [0.29, 0.717) is 12.2 Å². The van der Waals surface area contributed by atoms with Crippen LogP contribution in [0.2, 0.25) is 0 Å². The summed E-state index contributed by atoms with van der Waals surface area (Å²) in [6.07, 6.45) is 1.98. The fourth-order valence-corrected chi connectivity index (χ4v) is 2.23. The summed E-state index contributed by atoms with van der Waals surface area (Å²) in [5.41, 5.74) is 2.22. The van der Waals surface area contributed by atoms with Gasteiger partial charge in [-0.25, -0.2) is 4.39 Å². The van der Waals surface area contributed by atoms with Gasteiger partial charge >= 0.3 is 5.97 Å². The van der Waals surface area contributed by atoms with Gasteiger partial charge in [0.15, 0.2) is 0 Å². The molecule has 0 amide bonds. The summed E-state index contributed by atoms with van der Waals surface area (Å²) in [5, 5.41) is 0.728. The van der Waals surface area contributed by atoms with Crippen LogP contribution in [0, 0.1) is 5.82 Å². The number of carbonyl (C=O) groups excluding carboxylic acids is 1. The number of benzene rings is 2. The first-order valence-corrected chi connectivity index (χ1v) is 7.03. The van der Waals surface area contributed by atoms with Gasteiger partial charge in [-0.1, -0.05) is 25.1 Å². The van der Waals surface area contributed by atoms with Gasteiger partial charge in [0, 0.05) is 23.6 Å². The molecule has 3 nitrogen and oxygen atoms in total. The Morgan fingerprint density at radius 2 is 1.95 bits per heavy atom. The van der Waals surface area contributed by atoms with E-state index in [1.165, 1.54) is 12.1 Å². The topological polar surface area (TPSA) is 39.2 Å². The molecule has 1 aromatic heterocycles. The molecule has 0 saturated carbocycles. The monoisotopic (exact) mass is 295 g/mol. The van der Waals surface area contributed by atoms with Crippen LogP contribution in [0.15, 0.2) is 54.7 Å². The number of hydrogen-bond donors (Lipinski definition) is 0. The molecule has 3 aromatic rings. The molecule has 4 heteroatoms. The van der Waals surface area contributed by atoms with Crippen LogP contribution >= 0.6 is 0 Å². The zero-order chi connectivity index (χ0) is 15.5. The summed E-state index contributed by atoms with van der Waals surface area (Å²) in [7, 11) is 0. The molecule has 0 aliphatic heterocycles. The molecule has 2 aromatic carbocycles. The van der Waals surface area contributed by atoms with Gasteiger partial charge in [-0.15, -0.1) is 0 Å². The maximum absolute atomic E-state index is 13.4. The van der Waals surface area contributed by atoms with Crippen LogP contribution in [-0.2, 0) is 4.79 Å². The Hall–Kier alpha value is -2.75. The smallest absolute Gasteiger partial charge is 0.310 e. The van der Waals surface area contributed by atoms with Gasteiger partial charge in [0.25, 0.3) is 0 Å². The normalized spacial score (nSPS) is 10.6. The molecule has 0 N–H and O–H groups in total. The van der Waals surface area contributed by atoms with Gasteiger partial charge in [0.1, 0.15) is 11.6 Å². The van der Waals surface area contributed by atoms with E-state index in [9.17, 15) is 9.18 Å². The van der Waals surface area contributed by atoms with E-state index >= 15 is 0 Å². The number of esters is 1. The molecule has 22 heavy (non-hydrogen) atoms. The van der Waals surface area contributed by atoms with E-state index in [0.717, 1.165) is 22.0 Å². The fraction of sp³-hybridized carbons (Fsp3) is 0.111. The molecule has 1 heterocycles. The maximum atomic E-state index is 13.4. The predicted octanol–water partition coefficient (Wildman–Crippen LogP) is 4.36. The van der Waals surface area contributed by atoms with Crippen molar-refractivity contribution in [2.75, 3.05) is 0 Å². The molecule has 0 aliphatic rings. The van der Waals surface area contributed by atoms with Crippen molar-refractivity contribution in [1.29, 1.82) is 0 Å².